The number of carbonyl (C=O) groups excluding carboxylic acids is 1. The highest BCUT2D eigenvalue weighted by molar-refractivity contribution is 5.96. The van der Waals surface area contributed by atoms with Crippen LogP contribution in [0.4, 0.5) is 5.82 Å². The van der Waals surface area contributed by atoms with Crippen molar-refractivity contribution in [1.82, 2.24) is 9.97 Å². The van der Waals surface area contributed by atoms with Gasteiger partial charge in [0, 0.05) is 29.3 Å². The first-order valence-corrected chi connectivity index (χ1v) is 10.2. The average molecular weight is 389 g/mol. The molecule has 2 atom stereocenters. The van der Waals surface area contributed by atoms with Gasteiger partial charge < -0.3 is 10.4 Å². The molecule has 2 aromatic heterocycles. The van der Waals surface area contributed by atoms with Gasteiger partial charge in [-0.25, -0.2) is 4.98 Å². The van der Waals surface area contributed by atoms with Crippen LogP contribution in [0.15, 0.2) is 42.7 Å². The Balaban J connectivity index is 1.58. The van der Waals surface area contributed by atoms with Gasteiger partial charge >= 0.3 is 0 Å². The van der Waals surface area contributed by atoms with Crippen LogP contribution in [0.3, 0.4) is 0 Å². The standard InChI is InChI=1S/C24H27N3O2/c1-5-15-10-19(15)23(28)27-22-11-16-6-7-17(9-18(16)12-26-22)20-13-25-21(8-14(20)2)24(3,4)29/h6-9,11-13,15,19,29H,5,10H2,1-4H3,(H,26,27,28)/t15-,19+/m0/s1. The molecule has 1 aliphatic carbocycles. The number of hydrogen-bond acceptors (Lipinski definition) is 4. The van der Waals surface area contributed by atoms with Crippen LogP contribution >= 0.6 is 0 Å². The van der Waals surface area contributed by atoms with Crippen LogP contribution in [0.25, 0.3) is 21.9 Å². The third-order valence-electron chi connectivity index (χ3n) is 5.81. The number of aliphatic hydroxyl groups is 1. The second-order valence-corrected chi connectivity index (χ2v) is 8.57. The van der Waals surface area contributed by atoms with Gasteiger partial charge in [-0.2, -0.15) is 0 Å². The molecule has 1 saturated carbocycles. The molecule has 0 bridgehead atoms. The molecule has 0 aliphatic heterocycles. The fourth-order valence-electron chi connectivity index (χ4n) is 3.81. The Kier molecular flexibility index (Phi) is 4.87. The van der Waals surface area contributed by atoms with Crippen LogP contribution in [-0.4, -0.2) is 21.0 Å². The van der Waals surface area contributed by atoms with E-state index in [9.17, 15) is 9.90 Å². The normalized spacial score (nSPS) is 18.7. The van der Waals surface area contributed by atoms with E-state index < -0.39 is 5.60 Å². The van der Waals surface area contributed by atoms with E-state index in [0.29, 0.717) is 17.4 Å². The van der Waals surface area contributed by atoms with E-state index in [0.717, 1.165) is 40.3 Å². The Morgan fingerprint density at radius 2 is 1.97 bits per heavy atom. The molecule has 3 aromatic rings. The first kappa shape index (κ1) is 19.5. The zero-order chi connectivity index (χ0) is 20.8. The summed E-state index contributed by atoms with van der Waals surface area (Å²) in [7, 11) is 0. The topological polar surface area (TPSA) is 75.1 Å². The highest BCUT2D eigenvalue weighted by Crippen LogP contribution is 2.41. The van der Waals surface area contributed by atoms with Gasteiger partial charge in [0.25, 0.3) is 0 Å². The van der Waals surface area contributed by atoms with E-state index in [1.54, 1.807) is 20.0 Å². The maximum absolute atomic E-state index is 12.3. The molecule has 5 heteroatoms. The van der Waals surface area contributed by atoms with Gasteiger partial charge in [0.05, 0.1) is 5.69 Å². The Hall–Kier alpha value is -2.79. The molecular weight excluding hydrogens is 362 g/mol. The zero-order valence-electron chi connectivity index (χ0n) is 17.4. The van der Waals surface area contributed by atoms with Crippen LogP contribution in [0.5, 0.6) is 0 Å². The summed E-state index contributed by atoms with van der Waals surface area (Å²) < 4.78 is 0. The number of carbonyl (C=O) groups is 1. The molecule has 150 valence electrons. The van der Waals surface area contributed by atoms with E-state index in [-0.39, 0.29) is 11.8 Å². The fourth-order valence-corrected chi connectivity index (χ4v) is 3.81. The van der Waals surface area contributed by atoms with Crippen LogP contribution in [0.1, 0.15) is 44.9 Å². The van der Waals surface area contributed by atoms with Crippen LogP contribution in [-0.2, 0) is 10.4 Å². The van der Waals surface area contributed by atoms with Gasteiger partial charge in [-0.3, -0.25) is 9.78 Å². The molecule has 2 heterocycles. The van der Waals surface area contributed by atoms with Gasteiger partial charge in [-0.05, 0) is 67.8 Å². The molecule has 1 amide bonds. The number of benzene rings is 1. The summed E-state index contributed by atoms with van der Waals surface area (Å²) in [6.45, 7) is 7.62. The Morgan fingerprint density at radius 3 is 2.62 bits per heavy atom. The maximum Gasteiger partial charge on any atom is 0.228 e. The van der Waals surface area contributed by atoms with Crippen LogP contribution in [0.2, 0.25) is 0 Å². The van der Waals surface area contributed by atoms with Gasteiger partial charge in [-0.1, -0.05) is 25.5 Å². The van der Waals surface area contributed by atoms with E-state index in [1.165, 1.54) is 0 Å². The largest absolute Gasteiger partial charge is 0.384 e. The lowest BCUT2D eigenvalue weighted by Gasteiger charge is -2.18. The summed E-state index contributed by atoms with van der Waals surface area (Å²) in [6.07, 6.45) is 5.65. The number of aryl methyl sites for hydroxylation is 1. The monoisotopic (exact) mass is 389 g/mol. The lowest BCUT2D eigenvalue weighted by molar-refractivity contribution is -0.117. The van der Waals surface area contributed by atoms with Gasteiger partial charge in [-0.15, -0.1) is 0 Å². The van der Waals surface area contributed by atoms with Crippen molar-refractivity contribution in [1.29, 1.82) is 0 Å². The molecule has 2 N–H and O–H groups in total. The highest BCUT2D eigenvalue weighted by atomic mass is 16.3. The number of fused-ring (bicyclic) bond motifs is 1. The highest BCUT2D eigenvalue weighted by Gasteiger charge is 2.41. The van der Waals surface area contributed by atoms with Crippen molar-refractivity contribution >= 4 is 22.5 Å². The van der Waals surface area contributed by atoms with Crippen LogP contribution < -0.4 is 5.32 Å². The molecule has 1 aromatic carbocycles. The minimum Gasteiger partial charge on any atom is -0.384 e. The number of pyridine rings is 2. The number of anilines is 1. The molecule has 29 heavy (non-hydrogen) atoms. The maximum atomic E-state index is 12.3. The van der Waals surface area contributed by atoms with Crippen LogP contribution in [0, 0.1) is 18.8 Å². The summed E-state index contributed by atoms with van der Waals surface area (Å²) in [6, 6.07) is 10.0. The molecule has 1 fully saturated rings. The van der Waals surface area contributed by atoms with E-state index >= 15 is 0 Å². The van der Waals surface area contributed by atoms with Crippen molar-refractivity contribution in [3.63, 3.8) is 0 Å². The molecule has 0 spiro atoms. The summed E-state index contributed by atoms with van der Waals surface area (Å²) in [5, 5.41) is 15.2. The third kappa shape index (κ3) is 4.01. The summed E-state index contributed by atoms with van der Waals surface area (Å²) >= 11 is 0. The van der Waals surface area contributed by atoms with E-state index in [1.807, 2.05) is 31.3 Å². The third-order valence-corrected chi connectivity index (χ3v) is 5.81. The minimum atomic E-state index is -0.963. The number of hydrogen-bond donors (Lipinski definition) is 2. The number of amides is 1. The summed E-state index contributed by atoms with van der Waals surface area (Å²) in [4.78, 5) is 21.1. The second kappa shape index (κ2) is 7.23. The predicted octanol–water partition coefficient (Wildman–Crippen LogP) is 4.82. The summed E-state index contributed by atoms with van der Waals surface area (Å²) in [5.74, 6) is 1.35. The quantitative estimate of drug-likeness (QED) is 0.656. The fraction of sp³-hybridized carbons (Fsp3) is 0.375. The Labute approximate surface area is 171 Å². The van der Waals surface area contributed by atoms with Gasteiger partial charge in [0.15, 0.2) is 0 Å². The molecule has 0 radical (unpaired) electrons. The lowest BCUT2D eigenvalue weighted by atomic mass is 9.96. The SMILES string of the molecule is CC[C@H]1C[C@H]1C(=O)Nc1cc2ccc(-c3cnc(C(C)(C)O)cc3C)cc2cn1. The second-order valence-electron chi connectivity index (χ2n) is 8.57. The number of nitrogens with zero attached hydrogens (tertiary/aromatic N) is 2. The molecule has 0 unspecified atom stereocenters. The summed E-state index contributed by atoms with van der Waals surface area (Å²) in [5.41, 5.74) is 2.82. The Morgan fingerprint density at radius 1 is 1.17 bits per heavy atom. The predicted molar refractivity (Wildman–Crippen MR) is 115 cm³/mol. The van der Waals surface area contributed by atoms with Crippen molar-refractivity contribution in [2.75, 3.05) is 5.32 Å². The molecule has 0 saturated heterocycles. The molecule has 4 rings (SSSR count). The van der Waals surface area contributed by atoms with E-state index in [4.69, 9.17) is 0 Å². The van der Waals surface area contributed by atoms with Crippen molar-refractivity contribution < 1.29 is 9.90 Å². The average Bonchev–Trinajstić information content (AvgIpc) is 3.47. The smallest absolute Gasteiger partial charge is 0.228 e. The van der Waals surface area contributed by atoms with Crippen molar-refractivity contribution in [3.8, 4) is 11.1 Å². The van der Waals surface area contributed by atoms with E-state index in [2.05, 4.69) is 34.3 Å². The number of aromatic nitrogens is 2. The van der Waals surface area contributed by atoms with Crippen molar-refractivity contribution in [3.05, 3.63) is 54.0 Å². The minimum absolute atomic E-state index is 0.0777. The first-order valence-electron chi connectivity index (χ1n) is 10.2. The van der Waals surface area contributed by atoms with Crippen molar-refractivity contribution in [2.45, 2.75) is 46.1 Å². The first-order chi connectivity index (χ1) is 13.8. The lowest BCUT2D eigenvalue weighted by Crippen LogP contribution is -2.17. The number of nitrogens with one attached hydrogen (secondary N) is 1. The Bertz CT molecular complexity index is 1090. The zero-order valence-corrected chi connectivity index (χ0v) is 17.4. The van der Waals surface area contributed by atoms with Crippen molar-refractivity contribution in [2.24, 2.45) is 11.8 Å². The molecule has 5 nitrogen and oxygen atoms in total. The van der Waals surface area contributed by atoms with Gasteiger partial charge in [0.1, 0.15) is 11.4 Å². The molecule has 1 aliphatic rings. The molecular formula is C24H27N3O2. The van der Waals surface area contributed by atoms with Gasteiger partial charge in [0.2, 0.25) is 5.91 Å². The number of rotatable bonds is 5.